The third-order valence-corrected chi connectivity index (χ3v) is 5.12. The van der Waals surface area contributed by atoms with E-state index in [4.69, 9.17) is 4.98 Å². The predicted octanol–water partition coefficient (Wildman–Crippen LogP) is 4.90. The van der Waals surface area contributed by atoms with E-state index in [9.17, 15) is 4.79 Å². The lowest BCUT2D eigenvalue weighted by Gasteiger charge is -2.09. The van der Waals surface area contributed by atoms with Crippen LogP contribution in [0.1, 0.15) is 11.1 Å². The number of aromatic nitrogens is 2. The fraction of sp³-hybridized carbons (Fsp3) is 0.0455. The average molecular weight is 371 g/mol. The first-order valence-corrected chi connectivity index (χ1v) is 9.38. The van der Waals surface area contributed by atoms with E-state index in [-0.39, 0.29) is 5.56 Å². The van der Waals surface area contributed by atoms with Gasteiger partial charge in [-0.25, -0.2) is 4.98 Å². The monoisotopic (exact) mass is 371 g/mol. The molecule has 0 fully saturated rings. The second kappa shape index (κ2) is 7.60. The van der Waals surface area contributed by atoms with Gasteiger partial charge in [-0.15, -0.1) is 0 Å². The molecule has 4 nitrogen and oxygen atoms in total. The molecule has 0 aliphatic rings. The number of pyridine rings is 1. The Labute approximate surface area is 161 Å². The molecule has 0 atom stereocenters. The highest BCUT2D eigenvalue weighted by Gasteiger charge is 2.13. The van der Waals surface area contributed by atoms with Gasteiger partial charge in [-0.3, -0.25) is 14.2 Å². The molecule has 2 aromatic heterocycles. The number of fused-ring (bicyclic) bond motifs is 1. The van der Waals surface area contributed by atoms with Crippen LogP contribution in [-0.2, 0) is 0 Å². The lowest BCUT2D eigenvalue weighted by molar-refractivity contribution is 0.968. The van der Waals surface area contributed by atoms with Crippen molar-refractivity contribution >= 4 is 29.3 Å². The second-order valence-electron chi connectivity index (χ2n) is 6.03. The van der Waals surface area contributed by atoms with Crippen LogP contribution in [0, 0.1) is 6.92 Å². The maximum absolute atomic E-state index is 13.1. The average Bonchev–Trinajstić information content (AvgIpc) is 2.70. The molecule has 0 saturated heterocycles. The van der Waals surface area contributed by atoms with Crippen LogP contribution in [0.2, 0.25) is 0 Å². The van der Waals surface area contributed by atoms with Crippen LogP contribution in [0.15, 0.2) is 98.7 Å². The van der Waals surface area contributed by atoms with Gasteiger partial charge in [0.25, 0.3) is 5.56 Å². The Morgan fingerprint density at radius 1 is 0.963 bits per heavy atom. The van der Waals surface area contributed by atoms with Crippen molar-refractivity contribution in [1.29, 1.82) is 0 Å². The van der Waals surface area contributed by atoms with Crippen LogP contribution in [-0.4, -0.2) is 15.6 Å². The molecule has 2 aromatic carbocycles. The summed E-state index contributed by atoms with van der Waals surface area (Å²) in [5.74, 6) is 0. The zero-order chi connectivity index (χ0) is 18.6. The van der Waals surface area contributed by atoms with Gasteiger partial charge in [-0.05, 0) is 42.8 Å². The van der Waals surface area contributed by atoms with Gasteiger partial charge in [0.1, 0.15) is 10.7 Å². The molecule has 0 spiro atoms. The molecule has 2 heterocycles. The van der Waals surface area contributed by atoms with E-state index in [1.807, 2.05) is 79.7 Å². The number of hydrogen-bond acceptors (Lipinski definition) is 4. The number of rotatable bonds is 4. The van der Waals surface area contributed by atoms with Crippen molar-refractivity contribution in [3.05, 3.63) is 100 Å². The summed E-state index contributed by atoms with van der Waals surface area (Å²) in [6.07, 6.45) is 3.36. The minimum Gasteiger partial charge on any atom is -0.268 e. The first-order chi connectivity index (χ1) is 13.2. The smallest absolute Gasteiger partial charge is 0.267 e. The maximum Gasteiger partial charge on any atom is 0.267 e. The first-order valence-electron chi connectivity index (χ1n) is 8.56. The van der Waals surface area contributed by atoms with Crippen molar-refractivity contribution in [2.75, 3.05) is 0 Å². The van der Waals surface area contributed by atoms with E-state index in [1.54, 1.807) is 16.8 Å². The van der Waals surface area contributed by atoms with Gasteiger partial charge in [0.15, 0.2) is 0 Å². The lowest BCUT2D eigenvalue weighted by Crippen LogP contribution is -2.21. The van der Waals surface area contributed by atoms with E-state index in [0.717, 1.165) is 16.1 Å². The van der Waals surface area contributed by atoms with E-state index in [0.29, 0.717) is 16.2 Å². The van der Waals surface area contributed by atoms with Gasteiger partial charge in [-0.2, -0.15) is 0 Å². The summed E-state index contributed by atoms with van der Waals surface area (Å²) in [5, 5.41) is 0.653. The molecule has 0 aliphatic carbocycles. The highest BCUT2D eigenvalue weighted by atomic mass is 32.2. The Morgan fingerprint density at radius 3 is 2.41 bits per heavy atom. The summed E-state index contributed by atoms with van der Waals surface area (Å²) in [6.45, 7) is 1.95. The van der Waals surface area contributed by atoms with Crippen LogP contribution in [0.3, 0.4) is 0 Å². The molecule has 132 valence electrons. The van der Waals surface area contributed by atoms with Gasteiger partial charge in [0.05, 0.1) is 11.3 Å². The van der Waals surface area contributed by atoms with Gasteiger partial charge in [-0.1, -0.05) is 54.2 Å². The molecular formula is C22H17N3OS. The predicted molar refractivity (Wildman–Crippen MR) is 110 cm³/mol. The molecule has 27 heavy (non-hydrogen) atoms. The van der Waals surface area contributed by atoms with E-state index in [2.05, 4.69) is 4.99 Å². The van der Waals surface area contributed by atoms with Gasteiger partial charge >= 0.3 is 0 Å². The lowest BCUT2D eigenvalue weighted by atomic mass is 10.2. The highest BCUT2D eigenvalue weighted by molar-refractivity contribution is 7.99. The number of benzene rings is 2. The number of para-hydroxylation sites is 1. The zero-order valence-electron chi connectivity index (χ0n) is 14.7. The summed E-state index contributed by atoms with van der Waals surface area (Å²) in [7, 11) is 0. The summed E-state index contributed by atoms with van der Waals surface area (Å²) in [6, 6.07) is 23.3. The number of aliphatic imine (C=N–C) groups is 1. The molecule has 0 unspecified atom stereocenters. The second-order valence-corrected chi connectivity index (χ2v) is 7.09. The van der Waals surface area contributed by atoms with E-state index < -0.39 is 0 Å². The third kappa shape index (κ3) is 3.68. The first kappa shape index (κ1) is 17.2. The maximum atomic E-state index is 13.1. The molecule has 0 amide bonds. The summed E-state index contributed by atoms with van der Waals surface area (Å²) in [4.78, 5) is 23.4. The quantitative estimate of drug-likeness (QED) is 0.378. The third-order valence-electron chi connectivity index (χ3n) is 4.11. The number of nitrogens with zero attached hydrogens (tertiary/aromatic N) is 3. The van der Waals surface area contributed by atoms with Crippen molar-refractivity contribution in [2.24, 2.45) is 4.99 Å². The number of aryl methyl sites for hydroxylation is 1. The van der Waals surface area contributed by atoms with Gasteiger partial charge in [0.2, 0.25) is 0 Å². The number of hydrogen-bond donors (Lipinski definition) is 0. The van der Waals surface area contributed by atoms with Crippen LogP contribution < -0.4 is 5.56 Å². The van der Waals surface area contributed by atoms with Gasteiger partial charge in [0, 0.05) is 17.3 Å². The largest absolute Gasteiger partial charge is 0.268 e. The summed E-state index contributed by atoms with van der Waals surface area (Å²) >= 11 is 1.47. The normalized spacial score (nSPS) is 11.3. The topological polar surface area (TPSA) is 46.7 Å². The van der Waals surface area contributed by atoms with Crippen molar-refractivity contribution in [2.45, 2.75) is 16.8 Å². The van der Waals surface area contributed by atoms with Crippen LogP contribution in [0.5, 0.6) is 0 Å². The van der Waals surface area contributed by atoms with E-state index >= 15 is 0 Å². The van der Waals surface area contributed by atoms with Gasteiger partial charge < -0.3 is 0 Å². The SMILES string of the molecule is Cc1cccn2c(=O)c(C=Nc3ccccc3)c(Sc3ccccc3)nc12. The van der Waals surface area contributed by atoms with Crippen LogP contribution >= 0.6 is 11.8 Å². The van der Waals surface area contributed by atoms with Crippen molar-refractivity contribution < 1.29 is 0 Å². The Morgan fingerprint density at radius 2 is 1.67 bits per heavy atom. The molecule has 5 heteroatoms. The molecule has 0 bridgehead atoms. The molecule has 4 rings (SSSR count). The van der Waals surface area contributed by atoms with Crippen molar-refractivity contribution in [3.8, 4) is 0 Å². The standard InChI is InChI=1S/C22H17N3OS/c1-16-9-8-14-25-20(16)24-21(27-18-12-6-3-7-13-18)19(22(25)26)15-23-17-10-4-2-5-11-17/h2-15H,1H3. The molecule has 0 aliphatic heterocycles. The Kier molecular flexibility index (Phi) is 4.85. The molecule has 4 aromatic rings. The molecule has 0 radical (unpaired) electrons. The Balaban J connectivity index is 1.89. The Bertz CT molecular complexity index is 1170. The minimum absolute atomic E-state index is 0.123. The summed E-state index contributed by atoms with van der Waals surface area (Å²) in [5.41, 5.74) is 2.77. The van der Waals surface area contributed by atoms with Crippen molar-refractivity contribution in [3.63, 3.8) is 0 Å². The fourth-order valence-corrected chi connectivity index (χ4v) is 3.63. The molecule has 0 N–H and O–H groups in total. The van der Waals surface area contributed by atoms with Crippen LogP contribution in [0.25, 0.3) is 5.65 Å². The Hall–Kier alpha value is -3.18. The highest BCUT2D eigenvalue weighted by Crippen LogP contribution is 2.28. The summed E-state index contributed by atoms with van der Waals surface area (Å²) < 4.78 is 1.58. The van der Waals surface area contributed by atoms with Crippen molar-refractivity contribution in [1.82, 2.24) is 9.38 Å². The van der Waals surface area contributed by atoms with E-state index in [1.165, 1.54) is 11.8 Å². The fourth-order valence-electron chi connectivity index (χ4n) is 2.73. The molecular weight excluding hydrogens is 354 g/mol. The van der Waals surface area contributed by atoms with Crippen LogP contribution in [0.4, 0.5) is 5.69 Å². The zero-order valence-corrected chi connectivity index (χ0v) is 15.6. The molecule has 0 saturated carbocycles. The minimum atomic E-state index is -0.123.